The van der Waals surface area contributed by atoms with Gasteiger partial charge in [-0.1, -0.05) is 30.3 Å². The van der Waals surface area contributed by atoms with Crippen LogP contribution in [0.4, 0.5) is 0 Å². The van der Waals surface area contributed by atoms with Crippen LogP contribution in [0, 0.1) is 17.4 Å². The van der Waals surface area contributed by atoms with Gasteiger partial charge in [0.25, 0.3) is 0 Å². The summed E-state index contributed by atoms with van der Waals surface area (Å²) in [6.45, 7) is 4.08. The van der Waals surface area contributed by atoms with E-state index in [1.54, 1.807) is 6.21 Å². The number of hydrogen-bond donors (Lipinski definition) is 2. The first-order valence-corrected chi connectivity index (χ1v) is 10.5. The van der Waals surface area contributed by atoms with E-state index in [0.29, 0.717) is 6.42 Å². The van der Waals surface area contributed by atoms with Gasteiger partial charge in [-0.2, -0.15) is 5.10 Å². The summed E-state index contributed by atoms with van der Waals surface area (Å²) in [5.74, 6) is -0.220. The summed E-state index contributed by atoms with van der Waals surface area (Å²) in [6.07, 6.45) is 1.57. The Morgan fingerprint density at radius 1 is 1.17 bits per heavy atom. The third kappa shape index (κ3) is 5.55. The van der Waals surface area contributed by atoms with E-state index in [-0.39, 0.29) is 12.3 Å². The van der Waals surface area contributed by atoms with Crippen LogP contribution in [0.15, 0.2) is 65.8 Å². The third-order valence-corrected chi connectivity index (χ3v) is 5.50. The van der Waals surface area contributed by atoms with Gasteiger partial charge in [0.2, 0.25) is 5.91 Å². The molecular weight excluding hydrogens is 477 g/mol. The maximum atomic E-state index is 12.0. The van der Waals surface area contributed by atoms with Crippen LogP contribution >= 0.6 is 22.6 Å². The van der Waals surface area contributed by atoms with E-state index < -0.39 is 6.10 Å². The fourth-order valence-corrected chi connectivity index (χ4v) is 3.60. The normalized spacial score (nSPS) is 12.3. The molecule has 1 atom stereocenters. The number of halogens is 1. The molecular formula is C23H24IN3O2. The van der Waals surface area contributed by atoms with E-state index in [2.05, 4.69) is 62.0 Å². The molecule has 2 N–H and O–H groups in total. The Morgan fingerprint density at radius 3 is 2.55 bits per heavy atom. The van der Waals surface area contributed by atoms with Crippen LogP contribution in [-0.2, 0) is 4.79 Å². The Balaban J connectivity index is 1.58. The summed E-state index contributed by atoms with van der Waals surface area (Å²) in [4.78, 5) is 12.0. The van der Waals surface area contributed by atoms with Gasteiger partial charge in [0.05, 0.1) is 12.3 Å². The number of aryl methyl sites for hydroxylation is 1. The minimum absolute atomic E-state index is 0.203. The van der Waals surface area contributed by atoms with Crippen molar-refractivity contribution < 1.29 is 9.90 Å². The molecule has 0 saturated carbocycles. The maximum Gasteiger partial charge on any atom is 0.240 e. The molecule has 0 bridgehead atoms. The standard InChI is InChI=1S/C23H24IN3O2/c1-16-14-19(17(2)27(16)21-10-8-20(24)9-11-21)15-25-26-23(29)13-12-22(28)18-6-4-3-5-7-18/h3-11,14-15,22,28H,12-13H2,1-2H3,(H,26,29)/b25-15-/t22-/m0/s1. The summed E-state index contributed by atoms with van der Waals surface area (Å²) in [5, 5.41) is 14.2. The lowest BCUT2D eigenvalue weighted by Gasteiger charge is -2.10. The molecule has 6 heteroatoms. The molecule has 0 saturated heterocycles. The fourth-order valence-electron chi connectivity index (χ4n) is 3.25. The van der Waals surface area contributed by atoms with E-state index in [1.165, 1.54) is 3.57 Å². The summed E-state index contributed by atoms with van der Waals surface area (Å²) < 4.78 is 3.35. The molecule has 0 unspecified atom stereocenters. The van der Waals surface area contributed by atoms with Gasteiger partial charge in [0, 0.05) is 32.6 Å². The molecule has 1 aromatic heterocycles. The Hall–Kier alpha value is -2.45. The van der Waals surface area contributed by atoms with E-state index in [1.807, 2.05) is 50.2 Å². The van der Waals surface area contributed by atoms with Gasteiger partial charge in [-0.25, -0.2) is 5.43 Å². The van der Waals surface area contributed by atoms with E-state index >= 15 is 0 Å². The molecule has 150 valence electrons. The number of aromatic nitrogens is 1. The number of rotatable bonds is 7. The topological polar surface area (TPSA) is 66.6 Å². The molecule has 0 radical (unpaired) electrons. The number of aliphatic hydroxyl groups is 1. The highest BCUT2D eigenvalue weighted by Gasteiger charge is 2.11. The number of nitrogens with one attached hydrogen (secondary N) is 1. The van der Waals surface area contributed by atoms with Gasteiger partial charge in [0.15, 0.2) is 0 Å². The summed E-state index contributed by atoms with van der Waals surface area (Å²) >= 11 is 2.29. The first-order valence-electron chi connectivity index (χ1n) is 9.45. The number of carbonyl (C=O) groups is 1. The van der Waals surface area contributed by atoms with Crippen LogP contribution in [0.3, 0.4) is 0 Å². The summed E-state index contributed by atoms with van der Waals surface area (Å²) in [7, 11) is 0. The molecule has 0 aliphatic rings. The van der Waals surface area contributed by atoms with Crippen molar-refractivity contribution in [1.82, 2.24) is 9.99 Å². The predicted molar refractivity (Wildman–Crippen MR) is 124 cm³/mol. The predicted octanol–water partition coefficient (Wildman–Crippen LogP) is 4.66. The van der Waals surface area contributed by atoms with Gasteiger partial charge < -0.3 is 9.67 Å². The molecule has 2 aromatic carbocycles. The monoisotopic (exact) mass is 501 g/mol. The summed E-state index contributed by atoms with van der Waals surface area (Å²) in [5.41, 5.74) is 7.56. The van der Waals surface area contributed by atoms with Crippen molar-refractivity contribution in [3.8, 4) is 5.69 Å². The molecule has 0 aliphatic heterocycles. The maximum absolute atomic E-state index is 12.0. The second-order valence-electron chi connectivity index (χ2n) is 6.90. The van der Waals surface area contributed by atoms with Crippen LogP contribution < -0.4 is 5.43 Å². The third-order valence-electron chi connectivity index (χ3n) is 4.78. The van der Waals surface area contributed by atoms with Crippen molar-refractivity contribution in [3.05, 3.63) is 86.7 Å². The van der Waals surface area contributed by atoms with Crippen LogP contribution in [0.1, 0.15) is 41.5 Å². The van der Waals surface area contributed by atoms with Crippen molar-refractivity contribution in [2.45, 2.75) is 32.8 Å². The fraction of sp³-hybridized carbons (Fsp3) is 0.217. The lowest BCUT2D eigenvalue weighted by molar-refractivity contribution is -0.121. The van der Waals surface area contributed by atoms with Crippen molar-refractivity contribution in [1.29, 1.82) is 0 Å². The Labute approximate surface area is 184 Å². The highest BCUT2D eigenvalue weighted by molar-refractivity contribution is 14.1. The van der Waals surface area contributed by atoms with Gasteiger partial charge in [-0.3, -0.25) is 4.79 Å². The second kappa shape index (κ2) is 9.84. The first kappa shape index (κ1) is 21.3. The SMILES string of the molecule is Cc1cc(/C=N\NC(=O)CC[C@H](O)c2ccccc2)c(C)n1-c1ccc(I)cc1. The lowest BCUT2D eigenvalue weighted by atomic mass is 10.1. The van der Waals surface area contributed by atoms with Gasteiger partial charge in [-0.15, -0.1) is 0 Å². The van der Waals surface area contributed by atoms with Crippen LogP contribution in [0.25, 0.3) is 5.69 Å². The minimum Gasteiger partial charge on any atom is -0.388 e. The van der Waals surface area contributed by atoms with Crippen molar-refractivity contribution in [3.63, 3.8) is 0 Å². The first-order chi connectivity index (χ1) is 14.0. The number of aliphatic hydroxyl groups excluding tert-OH is 1. The lowest BCUT2D eigenvalue weighted by Crippen LogP contribution is -2.18. The van der Waals surface area contributed by atoms with Gasteiger partial charge in [-0.05, 0) is 78.8 Å². The molecule has 29 heavy (non-hydrogen) atoms. The van der Waals surface area contributed by atoms with Crippen molar-refractivity contribution in [2.24, 2.45) is 5.10 Å². The highest BCUT2D eigenvalue weighted by Crippen LogP contribution is 2.21. The molecule has 3 rings (SSSR count). The number of benzene rings is 2. The van der Waals surface area contributed by atoms with E-state index in [4.69, 9.17) is 0 Å². The quantitative estimate of drug-likeness (QED) is 0.281. The molecule has 1 heterocycles. The van der Waals surface area contributed by atoms with Crippen LogP contribution in [-0.4, -0.2) is 21.8 Å². The Kier molecular flexibility index (Phi) is 7.22. The average molecular weight is 501 g/mol. The molecule has 5 nitrogen and oxygen atoms in total. The molecule has 0 fully saturated rings. The zero-order valence-corrected chi connectivity index (χ0v) is 18.6. The van der Waals surface area contributed by atoms with Crippen LogP contribution in [0.2, 0.25) is 0 Å². The molecule has 0 spiro atoms. The zero-order valence-electron chi connectivity index (χ0n) is 16.5. The second-order valence-corrected chi connectivity index (χ2v) is 8.14. The van der Waals surface area contributed by atoms with Gasteiger partial charge in [0.1, 0.15) is 0 Å². The van der Waals surface area contributed by atoms with Crippen molar-refractivity contribution in [2.75, 3.05) is 0 Å². The van der Waals surface area contributed by atoms with E-state index in [0.717, 1.165) is 28.2 Å². The van der Waals surface area contributed by atoms with Crippen LogP contribution in [0.5, 0.6) is 0 Å². The average Bonchev–Trinajstić information content (AvgIpc) is 3.01. The number of hydrogen-bond acceptors (Lipinski definition) is 3. The molecule has 3 aromatic rings. The summed E-state index contributed by atoms with van der Waals surface area (Å²) in [6, 6.07) is 19.7. The minimum atomic E-state index is -0.654. The smallest absolute Gasteiger partial charge is 0.240 e. The van der Waals surface area contributed by atoms with E-state index in [9.17, 15) is 9.90 Å². The Bertz CT molecular complexity index is 995. The largest absolute Gasteiger partial charge is 0.388 e. The Morgan fingerprint density at radius 2 is 1.86 bits per heavy atom. The zero-order chi connectivity index (χ0) is 20.8. The number of carbonyl (C=O) groups excluding carboxylic acids is 1. The number of hydrazone groups is 1. The number of amides is 1. The molecule has 0 aliphatic carbocycles. The molecule has 1 amide bonds. The van der Waals surface area contributed by atoms with Gasteiger partial charge >= 0.3 is 0 Å². The van der Waals surface area contributed by atoms with Crippen molar-refractivity contribution >= 4 is 34.7 Å². The number of nitrogens with zero attached hydrogens (tertiary/aromatic N) is 2. The highest BCUT2D eigenvalue weighted by atomic mass is 127.